The molecule has 1 heterocycles. The molecule has 15 heavy (non-hydrogen) atoms. The Morgan fingerprint density at radius 1 is 1.27 bits per heavy atom. The number of hydrogen-bond donors (Lipinski definition) is 1. The second-order valence-corrected chi connectivity index (χ2v) is 5.28. The van der Waals surface area contributed by atoms with E-state index >= 15 is 0 Å². The quantitative estimate of drug-likeness (QED) is 0.759. The Bertz CT molecular complexity index is 173. The molecule has 0 aromatic rings. The number of likely N-dealkylation sites (tertiary alicyclic amines) is 1. The Kier molecular flexibility index (Phi) is 5.07. The van der Waals surface area contributed by atoms with Gasteiger partial charge < -0.3 is 10.0 Å². The molecule has 1 rings (SSSR count). The molecule has 0 aromatic carbocycles. The fourth-order valence-electron chi connectivity index (χ4n) is 2.51. The summed E-state index contributed by atoms with van der Waals surface area (Å²) < 4.78 is 0. The summed E-state index contributed by atoms with van der Waals surface area (Å²) in [7, 11) is 0. The number of hydrogen-bond acceptors (Lipinski definition) is 2. The molecule has 1 fully saturated rings. The van der Waals surface area contributed by atoms with Crippen LogP contribution in [0.2, 0.25) is 0 Å². The predicted molar refractivity (Wildman–Crippen MR) is 65.0 cm³/mol. The van der Waals surface area contributed by atoms with E-state index in [9.17, 15) is 5.11 Å². The number of rotatable bonds is 5. The molecule has 0 aromatic heterocycles. The Labute approximate surface area is 94.7 Å². The van der Waals surface area contributed by atoms with E-state index in [0.717, 1.165) is 32.4 Å². The third-order valence-electron chi connectivity index (χ3n) is 3.75. The standard InChI is InChI=1S/C13H27NO/c1-4-8-14-9-6-13(15,7-10-14)11-12(3)5-2/h12,15H,4-11H2,1-3H3. The maximum absolute atomic E-state index is 10.4. The van der Waals surface area contributed by atoms with Gasteiger partial charge in [0, 0.05) is 13.1 Å². The van der Waals surface area contributed by atoms with Crippen LogP contribution in [0.1, 0.15) is 52.9 Å². The van der Waals surface area contributed by atoms with Crippen LogP contribution in [0.5, 0.6) is 0 Å². The first-order valence-corrected chi connectivity index (χ1v) is 6.54. The lowest BCUT2D eigenvalue weighted by Crippen LogP contribution is -2.45. The first kappa shape index (κ1) is 13.0. The average Bonchev–Trinajstić information content (AvgIpc) is 2.22. The van der Waals surface area contributed by atoms with Crippen molar-refractivity contribution in [1.29, 1.82) is 0 Å². The molecule has 1 atom stereocenters. The average molecular weight is 213 g/mol. The van der Waals surface area contributed by atoms with Crippen molar-refractivity contribution >= 4 is 0 Å². The van der Waals surface area contributed by atoms with Gasteiger partial charge in [0.25, 0.3) is 0 Å². The van der Waals surface area contributed by atoms with E-state index in [-0.39, 0.29) is 5.60 Å². The van der Waals surface area contributed by atoms with Gasteiger partial charge in [0.15, 0.2) is 0 Å². The molecule has 1 N–H and O–H groups in total. The molecule has 1 aliphatic rings. The summed E-state index contributed by atoms with van der Waals surface area (Å²) in [5.74, 6) is 0.660. The Morgan fingerprint density at radius 3 is 2.33 bits per heavy atom. The zero-order valence-electron chi connectivity index (χ0n) is 10.6. The van der Waals surface area contributed by atoms with Gasteiger partial charge in [-0.05, 0) is 38.1 Å². The molecular formula is C13H27NO. The van der Waals surface area contributed by atoms with E-state index in [1.165, 1.54) is 19.4 Å². The van der Waals surface area contributed by atoms with Gasteiger partial charge in [-0.1, -0.05) is 27.2 Å². The highest BCUT2D eigenvalue weighted by Gasteiger charge is 2.32. The monoisotopic (exact) mass is 213 g/mol. The van der Waals surface area contributed by atoms with Gasteiger partial charge in [-0.2, -0.15) is 0 Å². The van der Waals surface area contributed by atoms with Gasteiger partial charge in [-0.25, -0.2) is 0 Å². The SMILES string of the molecule is CCCN1CCC(O)(CC(C)CC)CC1. The topological polar surface area (TPSA) is 23.5 Å². The maximum atomic E-state index is 10.4. The fourth-order valence-corrected chi connectivity index (χ4v) is 2.51. The van der Waals surface area contributed by atoms with E-state index < -0.39 is 0 Å². The second-order valence-electron chi connectivity index (χ2n) is 5.28. The van der Waals surface area contributed by atoms with Crippen molar-refractivity contribution in [2.24, 2.45) is 5.92 Å². The molecule has 0 amide bonds. The summed E-state index contributed by atoms with van der Waals surface area (Å²) in [6, 6.07) is 0. The minimum absolute atomic E-state index is 0.361. The van der Waals surface area contributed by atoms with E-state index in [0.29, 0.717) is 5.92 Å². The van der Waals surface area contributed by atoms with Crippen LogP contribution in [-0.2, 0) is 0 Å². The van der Waals surface area contributed by atoms with Crippen LogP contribution in [0, 0.1) is 5.92 Å². The van der Waals surface area contributed by atoms with Crippen molar-refractivity contribution in [3.8, 4) is 0 Å². The van der Waals surface area contributed by atoms with E-state index in [4.69, 9.17) is 0 Å². The first-order valence-electron chi connectivity index (χ1n) is 6.54. The maximum Gasteiger partial charge on any atom is 0.0674 e. The lowest BCUT2D eigenvalue weighted by atomic mass is 9.82. The number of piperidine rings is 1. The predicted octanol–water partition coefficient (Wildman–Crippen LogP) is 2.66. The largest absolute Gasteiger partial charge is 0.390 e. The molecule has 0 saturated carbocycles. The number of nitrogens with zero attached hydrogens (tertiary/aromatic N) is 1. The van der Waals surface area contributed by atoms with Crippen LogP contribution in [0.3, 0.4) is 0 Å². The highest BCUT2D eigenvalue weighted by atomic mass is 16.3. The van der Waals surface area contributed by atoms with Gasteiger partial charge >= 0.3 is 0 Å². The summed E-state index contributed by atoms with van der Waals surface area (Å²) in [5.41, 5.74) is -0.361. The fraction of sp³-hybridized carbons (Fsp3) is 1.00. The molecular weight excluding hydrogens is 186 g/mol. The summed E-state index contributed by atoms with van der Waals surface area (Å²) in [4.78, 5) is 2.48. The van der Waals surface area contributed by atoms with E-state index in [2.05, 4.69) is 25.7 Å². The van der Waals surface area contributed by atoms with Crippen molar-refractivity contribution in [3.05, 3.63) is 0 Å². The van der Waals surface area contributed by atoms with Crippen LogP contribution in [0.15, 0.2) is 0 Å². The lowest BCUT2D eigenvalue weighted by Gasteiger charge is -2.39. The third kappa shape index (κ3) is 4.12. The zero-order chi connectivity index (χ0) is 11.3. The van der Waals surface area contributed by atoms with Gasteiger partial charge in [0.1, 0.15) is 0 Å². The van der Waals surface area contributed by atoms with Gasteiger partial charge in [0.05, 0.1) is 5.60 Å². The van der Waals surface area contributed by atoms with Crippen molar-refractivity contribution in [1.82, 2.24) is 4.90 Å². The molecule has 0 aliphatic carbocycles. The van der Waals surface area contributed by atoms with Crippen molar-refractivity contribution < 1.29 is 5.11 Å². The molecule has 1 saturated heterocycles. The Hall–Kier alpha value is -0.0800. The molecule has 2 heteroatoms. The Morgan fingerprint density at radius 2 is 1.87 bits per heavy atom. The van der Waals surface area contributed by atoms with Gasteiger partial charge in [-0.15, -0.1) is 0 Å². The normalized spacial score (nSPS) is 24.0. The van der Waals surface area contributed by atoms with Crippen LogP contribution >= 0.6 is 0 Å². The molecule has 0 bridgehead atoms. The zero-order valence-corrected chi connectivity index (χ0v) is 10.6. The van der Waals surface area contributed by atoms with E-state index in [1.54, 1.807) is 0 Å². The van der Waals surface area contributed by atoms with Crippen molar-refractivity contribution in [2.75, 3.05) is 19.6 Å². The molecule has 0 spiro atoms. The Balaban J connectivity index is 2.33. The van der Waals surface area contributed by atoms with Crippen LogP contribution in [0.4, 0.5) is 0 Å². The molecule has 1 unspecified atom stereocenters. The summed E-state index contributed by atoms with van der Waals surface area (Å²) in [5, 5.41) is 10.4. The molecule has 90 valence electrons. The summed E-state index contributed by atoms with van der Waals surface area (Å²) in [6.45, 7) is 10.0. The number of aliphatic hydroxyl groups is 1. The summed E-state index contributed by atoms with van der Waals surface area (Å²) in [6.07, 6.45) is 5.34. The second kappa shape index (κ2) is 5.86. The minimum Gasteiger partial charge on any atom is -0.390 e. The van der Waals surface area contributed by atoms with Gasteiger partial charge in [-0.3, -0.25) is 0 Å². The van der Waals surface area contributed by atoms with Crippen LogP contribution in [0.25, 0.3) is 0 Å². The minimum atomic E-state index is -0.361. The molecule has 2 nitrogen and oxygen atoms in total. The van der Waals surface area contributed by atoms with Crippen LogP contribution in [-0.4, -0.2) is 35.2 Å². The first-order chi connectivity index (χ1) is 7.09. The highest BCUT2D eigenvalue weighted by molar-refractivity contribution is 4.86. The van der Waals surface area contributed by atoms with Crippen molar-refractivity contribution in [2.45, 2.75) is 58.5 Å². The van der Waals surface area contributed by atoms with E-state index in [1.807, 2.05) is 0 Å². The van der Waals surface area contributed by atoms with Crippen molar-refractivity contribution in [3.63, 3.8) is 0 Å². The molecule has 1 aliphatic heterocycles. The smallest absolute Gasteiger partial charge is 0.0674 e. The summed E-state index contributed by atoms with van der Waals surface area (Å²) >= 11 is 0. The van der Waals surface area contributed by atoms with Gasteiger partial charge in [0.2, 0.25) is 0 Å². The molecule has 0 radical (unpaired) electrons. The van der Waals surface area contributed by atoms with Crippen LogP contribution < -0.4 is 0 Å². The third-order valence-corrected chi connectivity index (χ3v) is 3.75. The highest BCUT2D eigenvalue weighted by Crippen LogP contribution is 2.29. The lowest BCUT2D eigenvalue weighted by molar-refractivity contribution is -0.0377.